The molecule has 0 fully saturated rings. The second-order valence-electron chi connectivity index (χ2n) is 4.99. The van der Waals surface area contributed by atoms with Crippen molar-refractivity contribution in [3.63, 3.8) is 0 Å². The highest BCUT2D eigenvalue weighted by molar-refractivity contribution is 6.34. The molecule has 2 aromatic rings. The summed E-state index contributed by atoms with van der Waals surface area (Å²) in [5, 5.41) is 3.51. The average Bonchev–Trinajstić information content (AvgIpc) is 2.57. The van der Waals surface area contributed by atoms with E-state index < -0.39 is 6.61 Å². The molecule has 1 N–H and O–H groups in total. The van der Waals surface area contributed by atoms with Crippen molar-refractivity contribution < 1.29 is 23.0 Å². The number of hydrogen-bond donors (Lipinski definition) is 1. The van der Waals surface area contributed by atoms with E-state index in [0.717, 1.165) is 5.56 Å². The van der Waals surface area contributed by atoms with Crippen LogP contribution in [0, 0.1) is 0 Å². The second-order valence-corrected chi connectivity index (χ2v) is 5.83. The third kappa shape index (κ3) is 6.76. The van der Waals surface area contributed by atoms with Crippen LogP contribution in [-0.2, 0) is 11.2 Å². The Kier molecular flexibility index (Phi) is 7.28. The van der Waals surface area contributed by atoms with Gasteiger partial charge in [0.25, 0.3) is 5.91 Å². The van der Waals surface area contributed by atoms with Crippen molar-refractivity contribution in [2.45, 2.75) is 13.0 Å². The first-order chi connectivity index (χ1) is 11.9. The lowest BCUT2D eigenvalue weighted by molar-refractivity contribution is -0.123. The molecular weight excluding hydrogens is 375 g/mol. The van der Waals surface area contributed by atoms with E-state index in [2.05, 4.69) is 10.1 Å². The van der Waals surface area contributed by atoms with Gasteiger partial charge in [0.2, 0.25) is 0 Å². The molecule has 0 aromatic heterocycles. The minimum atomic E-state index is -2.85. The zero-order chi connectivity index (χ0) is 18.2. The molecule has 0 saturated carbocycles. The van der Waals surface area contributed by atoms with Gasteiger partial charge < -0.3 is 14.8 Å². The lowest BCUT2D eigenvalue weighted by Gasteiger charge is -2.09. The molecule has 8 heteroatoms. The van der Waals surface area contributed by atoms with Crippen LogP contribution in [0.25, 0.3) is 0 Å². The second kappa shape index (κ2) is 9.44. The van der Waals surface area contributed by atoms with Crippen molar-refractivity contribution in [1.29, 1.82) is 0 Å². The Labute approximate surface area is 153 Å². The quantitative estimate of drug-likeness (QED) is 0.730. The zero-order valence-electron chi connectivity index (χ0n) is 13.0. The van der Waals surface area contributed by atoms with Gasteiger partial charge in [-0.05, 0) is 36.2 Å². The van der Waals surface area contributed by atoms with Crippen molar-refractivity contribution in [1.82, 2.24) is 5.32 Å². The van der Waals surface area contributed by atoms with Gasteiger partial charge in [0.1, 0.15) is 11.5 Å². The Morgan fingerprint density at radius 3 is 2.52 bits per heavy atom. The van der Waals surface area contributed by atoms with Crippen molar-refractivity contribution in [3.8, 4) is 11.5 Å². The number of halogens is 4. The molecule has 0 aliphatic rings. The van der Waals surface area contributed by atoms with E-state index in [9.17, 15) is 13.6 Å². The van der Waals surface area contributed by atoms with E-state index in [4.69, 9.17) is 27.9 Å². The standard InChI is InChI=1S/C17H15Cl2F2NO3/c18-12-3-6-14(19)15(9-12)24-10-16(23)22-8-7-11-1-4-13(5-2-11)25-17(20)21/h1-6,9,17H,7-8,10H2,(H,22,23). The highest BCUT2D eigenvalue weighted by atomic mass is 35.5. The number of amides is 1. The smallest absolute Gasteiger partial charge is 0.387 e. The van der Waals surface area contributed by atoms with Crippen molar-refractivity contribution in [3.05, 3.63) is 58.1 Å². The van der Waals surface area contributed by atoms with Crippen LogP contribution in [0.15, 0.2) is 42.5 Å². The molecule has 1 amide bonds. The first-order valence-electron chi connectivity index (χ1n) is 7.32. The fourth-order valence-corrected chi connectivity index (χ4v) is 2.30. The molecule has 0 heterocycles. The van der Waals surface area contributed by atoms with Crippen molar-refractivity contribution in [2.24, 2.45) is 0 Å². The van der Waals surface area contributed by atoms with Gasteiger partial charge in [-0.25, -0.2) is 0 Å². The summed E-state index contributed by atoms with van der Waals surface area (Å²) in [7, 11) is 0. The molecule has 0 aliphatic heterocycles. The van der Waals surface area contributed by atoms with Crippen LogP contribution in [0.2, 0.25) is 10.0 Å². The highest BCUT2D eigenvalue weighted by Gasteiger charge is 2.07. The number of benzene rings is 2. The van der Waals surface area contributed by atoms with E-state index in [0.29, 0.717) is 28.8 Å². The monoisotopic (exact) mass is 389 g/mol. The Morgan fingerprint density at radius 1 is 1.12 bits per heavy atom. The predicted molar refractivity (Wildman–Crippen MR) is 91.7 cm³/mol. The summed E-state index contributed by atoms with van der Waals surface area (Å²) >= 11 is 11.8. The minimum Gasteiger partial charge on any atom is -0.482 e. The lowest BCUT2D eigenvalue weighted by atomic mass is 10.1. The van der Waals surface area contributed by atoms with Crippen LogP contribution in [0.3, 0.4) is 0 Å². The fraction of sp³-hybridized carbons (Fsp3) is 0.235. The normalized spacial score (nSPS) is 10.6. The summed E-state index contributed by atoms with van der Waals surface area (Å²) in [6.45, 7) is -2.67. The van der Waals surface area contributed by atoms with E-state index in [1.54, 1.807) is 24.3 Å². The zero-order valence-corrected chi connectivity index (χ0v) is 14.5. The molecule has 0 unspecified atom stereocenters. The largest absolute Gasteiger partial charge is 0.482 e. The van der Waals surface area contributed by atoms with Gasteiger partial charge in [-0.2, -0.15) is 8.78 Å². The van der Waals surface area contributed by atoms with Crippen LogP contribution >= 0.6 is 23.2 Å². The van der Waals surface area contributed by atoms with Crippen molar-refractivity contribution >= 4 is 29.1 Å². The molecular formula is C17H15Cl2F2NO3. The van der Waals surface area contributed by atoms with Crippen LogP contribution in [0.1, 0.15) is 5.56 Å². The van der Waals surface area contributed by atoms with Crippen LogP contribution < -0.4 is 14.8 Å². The van der Waals surface area contributed by atoms with Crippen LogP contribution in [0.4, 0.5) is 8.78 Å². The fourth-order valence-electron chi connectivity index (χ4n) is 1.97. The molecule has 4 nitrogen and oxygen atoms in total. The van der Waals surface area contributed by atoms with Gasteiger partial charge >= 0.3 is 6.61 Å². The topological polar surface area (TPSA) is 47.6 Å². The van der Waals surface area contributed by atoms with E-state index >= 15 is 0 Å². The third-order valence-corrected chi connectivity index (χ3v) is 3.68. The number of hydrogen-bond acceptors (Lipinski definition) is 3. The molecule has 134 valence electrons. The summed E-state index contributed by atoms with van der Waals surface area (Å²) in [5.41, 5.74) is 0.876. The van der Waals surface area contributed by atoms with E-state index in [1.807, 2.05) is 0 Å². The average molecular weight is 390 g/mol. The predicted octanol–water partition coefficient (Wildman–Crippen LogP) is 4.33. The third-order valence-electron chi connectivity index (χ3n) is 3.14. The van der Waals surface area contributed by atoms with E-state index in [1.165, 1.54) is 18.2 Å². The number of carbonyl (C=O) groups excluding carboxylic acids is 1. The Balaban J connectivity index is 1.72. The first kappa shape index (κ1) is 19.3. The maximum Gasteiger partial charge on any atom is 0.387 e. The molecule has 0 spiro atoms. The van der Waals surface area contributed by atoms with Crippen LogP contribution in [-0.4, -0.2) is 25.7 Å². The van der Waals surface area contributed by atoms with Crippen LogP contribution in [0.5, 0.6) is 11.5 Å². The maximum atomic E-state index is 12.1. The number of rotatable bonds is 8. The summed E-state index contributed by atoms with van der Waals surface area (Å²) in [6.07, 6.45) is 0.540. The summed E-state index contributed by atoms with van der Waals surface area (Å²) in [5.74, 6) is 0.113. The van der Waals surface area contributed by atoms with Gasteiger partial charge in [-0.1, -0.05) is 35.3 Å². The molecule has 25 heavy (non-hydrogen) atoms. The molecule has 0 aliphatic carbocycles. The molecule has 2 aromatic carbocycles. The number of alkyl halides is 2. The van der Waals surface area contributed by atoms with Gasteiger partial charge in [0, 0.05) is 17.6 Å². The Hall–Kier alpha value is -2.05. The van der Waals surface area contributed by atoms with E-state index in [-0.39, 0.29) is 18.3 Å². The SMILES string of the molecule is O=C(COc1cc(Cl)ccc1Cl)NCCc1ccc(OC(F)F)cc1. The minimum absolute atomic E-state index is 0.0922. The number of nitrogens with one attached hydrogen (secondary N) is 1. The molecule has 0 atom stereocenters. The van der Waals surface area contributed by atoms with Crippen molar-refractivity contribution in [2.75, 3.05) is 13.2 Å². The number of ether oxygens (including phenoxy) is 2. The number of carbonyl (C=O) groups is 1. The van der Waals surface area contributed by atoms with Gasteiger partial charge in [-0.15, -0.1) is 0 Å². The summed E-state index contributed by atoms with van der Waals surface area (Å²) in [4.78, 5) is 11.8. The molecule has 2 rings (SSSR count). The molecule has 0 saturated heterocycles. The Morgan fingerprint density at radius 2 is 1.84 bits per heavy atom. The van der Waals surface area contributed by atoms with Gasteiger partial charge in [-0.3, -0.25) is 4.79 Å². The van der Waals surface area contributed by atoms with Gasteiger partial charge in [0.05, 0.1) is 5.02 Å². The lowest BCUT2D eigenvalue weighted by Crippen LogP contribution is -2.30. The molecule has 0 radical (unpaired) electrons. The Bertz CT molecular complexity index is 712. The first-order valence-corrected chi connectivity index (χ1v) is 8.08. The maximum absolute atomic E-state index is 12.1. The van der Waals surface area contributed by atoms with Gasteiger partial charge in [0.15, 0.2) is 6.61 Å². The highest BCUT2D eigenvalue weighted by Crippen LogP contribution is 2.27. The summed E-state index contributed by atoms with van der Waals surface area (Å²) in [6, 6.07) is 11.0. The molecule has 0 bridgehead atoms. The summed E-state index contributed by atoms with van der Waals surface area (Å²) < 4.78 is 33.7.